The molecule has 0 saturated heterocycles. The van der Waals surface area contributed by atoms with Crippen molar-refractivity contribution in [2.75, 3.05) is 6.61 Å². The van der Waals surface area contributed by atoms with Crippen LogP contribution in [0.4, 0.5) is 8.78 Å². The van der Waals surface area contributed by atoms with Gasteiger partial charge in [-0.1, -0.05) is 29.8 Å². The Morgan fingerprint density at radius 1 is 1.35 bits per heavy atom. The van der Waals surface area contributed by atoms with E-state index in [1.807, 2.05) is 6.92 Å². The second-order valence-corrected chi connectivity index (χ2v) is 4.02. The molecule has 0 aliphatic carbocycles. The number of halogens is 2. The molecule has 0 amide bonds. The van der Waals surface area contributed by atoms with Crippen LogP contribution in [-0.4, -0.2) is 29.8 Å². The first kappa shape index (κ1) is 15.8. The topological polar surface area (TPSA) is 70.4 Å². The standard InChI is InChI=1S/C14H15F2NO3/c1-3-20-14(19)10(12(18)13(15)16)11(17)9-6-4-8(2)5-7-9/h4-7,13,17-18H,3H2,1-2H3/b12-10+,17-11?. The Kier molecular flexibility index (Phi) is 5.37. The third kappa shape index (κ3) is 3.63. The Balaban J connectivity index is 3.24. The molecule has 2 N–H and O–H groups in total. The maximum Gasteiger partial charge on any atom is 0.344 e. The predicted molar refractivity (Wildman–Crippen MR) is 70.3 cm³/mol. The number of nitrogens with one attached hydrogen (secondary N) is 1. The molecule has 108 valence electrons. The summed E-state index contributed by atoms with van der Waals surface area (Å²) in [6, 6.07) is 6.36. The SMILES string of the molecule is CCOC(=O)/C(C(=N)c1ccc(C)cc1)=C(/O)C(F)F. The smallest absolute Gasteiger partial charge is 0.344 e. The molecule has 0 aliphatic heterocycles. The van der Waals surface area contributed by atoms with Gasteiger partial charge < -0.3 is 9.84 Å². The van der Waals surface area contributed by atoms with Crippen LogP contribution >= 0.6 is 0 Å². The minimum Gasteiger partial charge on any atom is -0.506 e. The zero-order chi connectivity index (χ0) is 15.3. The van der Waals surface area contributed by atoms with Crippen molar-refractivity contribution in [3.8, 4) is 0 Å². The molecule has 0 bridgehead atoms. The number of hydrogen-bond donors (Lipinski definition) is 2. The number of rotatable bonds is 5. The summed E-state index contributed by atoms with van der Waals surface area (Å²) in [5, 5.41) is 17.2. The number of aryl methyl sites for hydroxylation is 1. The molecular weight excluding hydrogens is 268 g/mol. The van der Waals surface area contributed by atoms with E-state index >= 15 is 0 Å². The number of alkyl halides is 2. The highest BCUT2D eigenvalue weighted by Crippen LogP contribution is 2.18. The van der Waals surface area contributed by atoms with Gasteiger partial charge >= 0.3 is 5.97 Å². The van der Waals surface area contributed by atoms with Gasteiger partial charge in [0.1, 0.15) is 5.57 Å². The Morgan fingerprint density at radius 2 is 1.90 bits per heavy atom. The van der Waals surface area contributed by atoms with Crippen molar-refractivity contribution in [3.63, 3.8) is 0 Å². The van der Waals surface area contributed by atoms with E-state index in [9.17, 15) is 18.7 Å². The van der Waals surface area contributed by atoms with Gasteiger partial charge in [0.05, 0.1) is 12.3 Å². The van der Waals surface area contributed by atoms with Crippen molar-refractivity contribution in [2.24, 2.45) is 0 Å². The first-order valence-corrected chi connectivity index (χ1v) is 5.92. The average molecular weight is 283 g/mol. The minimum absolute atomic E-state index is 0.0416. The lowest BCUT2D eigenvalue weighted by Crippen LogP contribution is -2.21. The number of carbonyl (C=O) groups is 1. The highest BCUT2D eigenvalue weighted by molar-refractivity contribution is 6.25. The minimum atomic E-state index is -3.25. The van der Waals surface area contributed by atoms with Gasteiger partial charge in [-0.25, -0.2) is 13.6 Å². The van der Waals surface area contributed by atoms with Gasteiger partial charge in [-0.3, -0.25) is 5.41 Å². The van der Waals surface area contributed by atoms with Gasteiger partial charge in [0.2, 0.25) is 0 Å². The second-order valence-electron chi connectivity index (χ2n) is 4.02. The summed E-state index contributed by atoms with van der Waals surface area (Å²) in [5.74, 6) is -2.59. The molecule has 0 aliphatic rings. The number of carbonyl (C=O) groups excluding carboxylic acids is 1. The summed E-state index contributed by atoms with van der Waals surface area (Å²) in [7, 11) is 0. The van der Waals surface area contributed by atoms with E-state index in [1.54, 1.807) is 12.1 Å². The first-order valence-electron chi connectivity index (χ1n) is 5.92. The van der Waals surface area contributed by atoms with Gasteiger partial charge in [-0.2, -0.15) is 0 Å². The molecule has 0 saturated carbocycles. The number of ether oxygens (including phenoxy) is 1. The maximum atomic E-state index is 12.6. The van der Waals surface area contributed by atoms with Crippen LogP contribution in [0.2, 0.25) is 0 Å². The van der Waals surface area contributed by atoms with E-state index in [1.165, 1.54) is 19.1 Å². The fourth-order valence-electron chi connectivity index (χ4n) is 1.51. The van der Waals surface area contributed by atoms with Crippen molar-refractivity contribution in [1.29, 1.82) is 5.41 Å². The van der Waals surface area contributed by atoms with Gasteiger partial charge in [0.15, 0.2) is 5.76 Å². The van der Waals surface area contributed by atoms with Crippen LogP contribution in [0, 0.1) is 12.3 Å². The summed E-state index contributed by atoms with van der Waals surface area (Å²) < 4.78 is 29.8. The van der Waals surface area contributed by atoms with Gasteiger partial charge in [0.25, 0.3) is 6.43 Å². The summed E-state index contributed by atoms with van der Waals surface area (Å²) in [6.45, 7) is 3.29. The van der Waals surface area contributed by atoms with E-state index in [-0.39, 0.29) is 12.2 Å². The number of allylic oxidation sites excluding steroid dienone is 1. The van der Waals surface area contributed by atoms with Crippen molar-refractivity contribution >= 4 is 11.7 Å². The molecule has 6 heteroatoms. The van der Waals surface area contributed by atoms with Crippen LogP contribution in [0.15, 0.2) is 35.6 Å². The number of hydrogen-bond acceptors (Lipinski definition) is 4. The fraction of sp³-hybridized carbons (Fsp3) is 0.286. The molecule has 0 radical (unpaired) electrons. The molecule has 0 unspecified atom stereocenters. The van der Waals surface area contributed by atoms with Crippen LogP contribution in [0.5, 0.6) is 0 Å². The monoisotopic (exact) mass is 283 g/mol. The quantitative estimate of drug-likeness (QED) is 0.378. The number of aliphatic hydroxyl groups excluding tert-OH is 1. The summed E-state index contributed by atoms with van der Waals surface area (Å²) in [4.78, 5) is 11.7. The highest BCUT2D eigenvalue weighted by Gasteiger charge is 2.27. The van der Waals surface area contributed by atoms with Crippen LogP contribution in [0.25, 0.3) is 0 Å². The van der Waals surface area contributed by atoms with Gasteiger partial charge in [-0.05, 0) is 13.8 Å². The number of benzene rings is 1. The lowest BCUT2D eigenvalue weighted by atomic mass is 10.0. The van der Waals surface area contributed by atoms with E-state index in [2.05, 4.69) is 4.74 Å². The molecule has 0 heterocycles. The van der Waals surface area contributed by atoms with Gasteiger partial charge in [-0.15, -0.1) is 0 Å². The molecule has 20 heavy (non-hydrogen) atoms. The summed E-state index contributed by atoms with van der Waals surface area (Å²) in [6.07, 6.45) is -3.25. The fourth-order valence-corrected chi connectivity index (χ4v) is 1.51. The van der Waals surface area contributed by atoms with E-state index in [4.69, 9.17) is 5.41 Å². The molecule has 0 fully saturated rings. The second kappa shape index (κ2) is 6.79. The predicted octanol–water partition coefficient (Wildman–Crippen LogP) is 3.00. The third-order valence-electron chi connectivity index (χ3n) is 2.53. The van der Waals surface area contributed by atoms with Crippen LogP contribution < -0.4 is 0 Å². The van der Waals surface area contributed by atoms with Crippen LogP contribution in [0.3, 0.4) is 0 Å². The van der Waals surface area contributed by atoms with Crippen molar-refractivity contribution < 1.29 is 23.4 Å². The molecule has 1 aromatic carbocycles. The maximum absolute atomic E-state index is 12.6. The molecule has 1 aromatic rings. The largest absolute Gasteiger partial charge is 0.506 e. The molecule has 4 nitrogen and oxygen atoms in total. The molecular formula is C14H15F2NO3. The zero-order valence-electron chi connectivity index (χ0n) is 11.1. The Hall–Kier alpha value is -2.24. The van der Waals surface area contributed by atoms with Crippen molar-refractivity contribution in [2.45, 2.75) is 20.3 Å². The molecule has 0 atom stereocenters. The normalized spacial score (nSPS) is 12.1. The third-order valence-corrected chi connectivity index (χ3v) is 2.53. The summed E-state index contributed by atoms with van der Waals surface area (Å²) >= 11 is 0. The van der Waals surface area contributed by atoms with Gasteiger partial charge in [0, 0.05) is 5.56 Å². The Labute approximate surface area is 115 Å². The Morgan fingerprint density at radius 3 is 2.35 bits per heavy atom. The van der Waals surface area contributed by atoms with Crippen LogP contribution in [0.1, 0.15) is 18.1 Å². The Bertz CT molecular complexity index is 536. The lowest BCUT2D eigenvalue weighted by molar-refractivity contribution is -0.138. The molecule has 0 aromatic heterocycles. The highest BCUT2D eigenvalue weighted by atomic mass is 19.3. The van der Waals surface area contributed by atoms with Crippen molar-refractivity contribution in [3.05, 3.63) is 46.7 Å². The van der Waals surface area contributed by atoms with E-state index in [0.717, 1.165) is 5.56 Å². The molecule has 0 spiro atoms. The number of aliphatic hydroxyl groups is 1. The van der Waals surface area contributed by atoms with E-state index < -0.39 is 29.4 Å². The first-order chi connectivity index (χ1) is 9.38. The van der Waals surface area contributed by atoms with Crippen molar-refractivity contribution in [1.82, 2.24) is 0 Å². The van der Waals surface area contributed by atoms with Crippen LogP contribution in [-0.2, 0) is 9.53 Å². The summed E-state index contributed by atoms with van der Waals surface area (Å²) in [5.41, 5.74) is -0.154. The molecule has 1 rings (SSSR count). The zero-order valence-corrected chi connectivity index (χ0v) is 11.1. The number of esters is 1. The van der Waals surface area contributed by atoms with E-state index in [0.29, 0.717) is 0 Å². The average Bonchev–Trinajstić information content (AvgIpc) is 2.39. The lowest BCUT2D eigenvalue weighted by Gasteiger charge is -2.11.